The zero-order valence-electron chi connectivity index (χ0n) is 22.0. The number of anilines is 2. The molecule has 39 heavy (non-hydrogen) atoms. The number of nitrogens with zero attached hydrogens (tertiary/aromatic N) is 6. The summed E-state index contributed by atoms with van der Waals surface area (Å²) in [7, 11) is 5.57. The molecule has 3 heterocycles. The summed E-state index contributed by atoms with van der Waals surface area (Å²) in [4.78, 5) is 22.0. The third-order valence-electron chi connectivity index (χ3n) is 7.16. The number of rotatable bonds is 9. The highest BCUT2D eigenvalue weighted by molar-refractivity contribution is 5.97. The first kappa shape index (κ1) is 25.9. The molecule has 200 valence electrons. The van der Waals surface area contributed by atoms with Crippen LogP contribution in [0, 0.1) is 21.4 Å². The van der Waals surface area contributed by atoms with Crippen LogP contribution in [0.2, 0.25) is 0 Å². The van der Waals surface area contributed by atoms with E-state index in [-0.39, 0.29) is 11.6 Å². The van der Waals surface area contributed by atoms with E-state index in [0.29, 0.717) is 35.3 Å². The van der Waals surface area contributed by atoms with Crippen molar-refractivity contribution in [2.24, 2.45) is 7.05 Å². The Kier molecular flexibility index (Phi) is 7.29. The molecule has 1 saturated heterocycles. The fraction of sp³-hybridized carbons (Fsp3) is 0.321. The van der Waals surface area contributed by atoms with Gasteiger partial charge in [0.2, 0.25) is 5.95 Å². The maximum atomic E-state index is 11.3. The first-order valence-corrected chi connectivity index (χ1v) is 12.7. The van der Waals surface area contributed by atoms with Gasteiger partial charge < -0.3 is 24.3 Å². The number of non-ortho nitro benzene ring substituents is 1. The lowest BCUT2D eigenvalue weighted by Gasteiger charge is -2.19. The van der Waals surface area contributed by atoms with Crippen molar-refractivity contribution in [2.75, 3.05) is 32.6 Å². The highest BCUT2D eigenvalue weighted by Crippen LogP contribution is 2.35. The molecule has 5 rings (SSSR count). The number of benzene rings is 2. The molecule has 11 nitrogen and oxygen atoms in total. The van der Waals surface area contributed by atoms with Gasteiger partial charge in [0.1, 0.15) is 17.6 Å². The number of hydrogen-bond donors (Lipinski definition) is 1. The monoisotopic (exact) mass is 527 g/mol. The van der Waals surface area contributed by atoms with E-state index in [1.54, 1.807) is 0 Å². The number of ether oxygens (including phenoxy) is 2. The first-order valence-electron chi connectivity index (χ1n) is 12.7. The van der Waals surface area contributed by atoms with E-state index < -0.39 is 4.92 Å². The number of likely N-dealkylation sites (tertiary alicyclic amines) is 1. The number of fused-ring (bicyclic) bond motifs is 1. The zero-order chi connectivity index (χ0) is 27.5. The van der Waals surface area contributed by atoms with Crippen LogP contribution in [-0.2, 0) is 7.05 Å². The number of nitro benzene ring substituents is 1. The predicted molar refractivity (Wildman–Crippen MR) is 147 cm³/mol. The minimum atomic E-state index is -0.489. The van der Waals surface area contributed by atoms with Crippen LogP contribution < -0.4 is 14.8 Å². The van der Waals surface area contributed by atoms with Crippen molar-refractivity contribution in [3.63, 3.8) is 0 Å². The van der Waals surface area contributed by atoms with Crippen molar-refractivity contribution in [3.05, 3.63) is 64.5 Å². The van der Waals surface area contributed by atoms with Gasteiger partial charge in [0.05, 0.1) is 47.3 Å². The Morgan fingerprint density at radius 2 is 2.10 bits per heavy atom. The average Bonchev–Trinajstić information content (AvgIpc) is 3.50. The Hall–Kier alpha value is -4.69. The molecule has 1 aliphatic heterocycles. The van der Waals surface area contributed by atoms with Gasteiger partial charge >= 0.3 is 0 Å². The van der Waals surface area contributed by atoms with E-state index in [4.69, 9.17) is 9.47 Å². The van der Waals surface area contributed by atoms with E-state index in [1.165, 1.54) is 44.3 Å². The predicted octanol–water partition coefficient (Wildman–Crippen LogP) is 5.03. The maximum Gasteiger partial charge on any atom is 0.271 e. The number of aromatic nitrogens is 3. The van der Waals surface area contributed by atoms with Crippen LogP contribution >= 0.6 is 0 Å². The molecule has 11 heteroatoms. The largest absolute Gasteiger partial charge is 0.495 e. The second-order valence-corrected chi connectivity index (χ2v) is 9.58. The van der Waals surface area contributed by atoms with E-state index >= 15 is 0 Å². The smallest absolute Gasteiger partial charge is 0.271 e. The zero-order valence-corrected chi connectivity index (χ0v) is 22.0. The van der Waals surface area contributed by atoms with Crippen LogP contribution in [0.4, 0.5) is 17.3 Å². The highest BCUT2D eigenvalue weighted by atomic mass is 16.6. The molecule has 0 aliphatic carbocycles. The molecule has 4 aromatic rings. The van der Waals surface area contributed by atoms with Crippen molar-refractivity contribution in [3.8, 4) is 28.8 Å². The van der Waals surface area contributed by atoms with Gasteiger partial charge in [-0.3, -0.25) is 10.1 Å². The van der Waals surface area contributed by atoms with Crippen molar-refractivity contribution >= 4 is 28.2 Å². The molecular formula is C28H29N7O4. The Morgan fingerprint density at radius 1 is 1.26 bits per heavy atom. The van der Waals surface area contributed by atoms with Crippen LogP contribution in [0.5, 0.6) is 11.5 Å². The molecule has 0 amide bonds. The van der Waals surface area contributed by atoms with Crippen LogP contribution in [-0.4, -0.2) is 57.7 Å². The third kappa shape index (κ3) is 5.32. The second-order valence-electron chi connectivity index (χ2n) is 9.58. The minimum absolute atomic E-state index is 0.102. The molecule has 1 N–H and O–H groups in total. The summed E-state index contributed by atoms with van der Waals surface area (Å²) in [5.74, 6) is 1.36. The first-order chi connectivity index (χ1) is 18.9. The van der Waals surface area contributed by atoms with Crippen LogP contribution in [0.15, 0.2) is 48.8 Å². The summed E-state index contributed by atoms with van der Waals surface area (Å²) in [6.45, 7) is 1.80. The van der Waals surface area contributed by atoms with Crippen molar-refractivity contribution in [1.29, 1.82) is 5.26 Å². The lowest BCUT2D eigenvalue weighted by molar-refractivity contribution is -0.384. The van der Waals surface area contributed by atoms with Crippen LogP contribution in [0.3, 0.4) is 0 Å². The molecule has 2 aromatic heterocycles. The van der Waals surface area contributed by atoms with E-state index in [2.05, 4.69) is 33.3 Å². The van der Waals surface area contributed by atoms with Gasteiger partial charge in [-0.15, -0.1) is 0 Å². The van der Waals surface area contributed by atoms with Crippen molar-refractivity contribution in [1.82, 2.24) is 19.4 Å². The van der Waals surface area contributed by atoms with Crippen LogP contribution in [0.1, 0.15) is 24.8 Å². The SMILES string of the molecule is COc1ccc([N+](=O)[O-])cc1Nc1ncc(C#N)c(-c2cn(C)c3cc(OCCC4CCCN4C)ccc23)n1. The Balaban J connectivity index is 1.43. The van der Waals surface area contributed by atoms with Gasteiger partial charge in [0, 0.05) is 48.4 Å². The Bertz CT molecular complexity index is 1580. The Labute approximate surface area is 225 Å². The normalized spacial score (nSPS) is 15.3. The lowest BCUT2D eigenvalue weighted by atomic mass is 10.1. The number of aryl methyl sites for hydroxylation is 1. The number of hydrogen-bond acceptors (Lipinski definition) is 9. The summed E-state index contributed by atoms with van der Waals surface area (Å²) in [5, 5.41) is 25.0. The Morgan fingerprint density at radius 3 is 2.82 bits per heavy atom. The summed E-state index contributed by atoms with van der Waals surface area (Å²) in [6, 6.07) is 12.9. The van der Waals surface area contributed by atoms with E-state index in [9.17, 15) is 15.4 Å². The number of nitrogens with one attached hydrogen (secondary N) is 1. The molecule has 0 spiro atoms. The minimum Gasteiger partial charge on any atom is -0.495 e. The van der Waals surface area contributed by atoms with Crippen molar-refractivity contribution in [2.45, 2.75) is 25.3 Å². The lowest BCUT2D eigenvalue weighted by Crippen LogP contribution is -2.26. The second kappa shape index (κ2) is 11.0. The van der Waals surface area contributed by atoms with Gasteiger partial charge in [-0.05, 0) is 51.1 Å². The molecule has 0 saturated carbocycles. The van der Waals surface area contributed by atoms with Gasteiger partial charge in [-0.1, -0.05) is 0 Å². The van der Waals surface area contributed by atoms with Crippen LogP contribution in [0.25, 0.3) is 22.2 Å². The molecule has 2 aromatic carbocycles. The molecular weight excluding hydrogens is 498 g/mol. The summed E-state index contributed by atoms with van der Waals surface area (Å²) in [5.41, 5.74) is 2.70. The number of nitriles is 1. The maximum absolute atomic E-state index is 11.3. The standard InChI is InChI=1S/C28H29N7O4/c1-33-11-4-5-19(33)10-12-39-21-7-8-22-23(17-34(2)25(22)14-21)27-18(15-29)16-30-28(32-27)31-24-13-20(35(36)37)6-9-26(24)38-3/h6-9,13-14,16-17,19H,4-5,10-12H2,1-3H3,(H,30,31,32). The molecule has 1 atom stereocenters. The number of nitro groups is 1. The van der Waals surface area contributed by atoms with Gasteiger partial charge in [0.15, 0.2) is 0 Å². The quantitative estimate of drug-likeness (QED) is 0.235. The van der Waals surface area contributed by atoms with Gasteiger partial charge in [0.25, 0.3) is 5.69 Å². The van der Waals surface area contributed by atoms with Gasteiger partial charge in [-0.25, -0.2) is 9.97 Å². The van der Waals surface area contributed by atoms with Crippen molar-refractivity contribution < 1.29 is 14.4 Å². The highest BCUT2D eigenvalue weighted by Gasteiger charge is 2.21. The summed E-state index contributed by atoms with van der Waals surface area (Å²) in [6.07, 6.45) is 6.80. The number of methoxy groups -OCH3 is 1. The molecule has 0 bridgehead atoms. The summed E-state index contributed by atoms with van der Waals surface area (Å²) >= 11 is 0. The summed E-state index contributed by atoms with van der Waals surface area (Å²) < 4.78 is 13.4. The molecule has 1 fully saturated rings. The fourth-order valence-corrected chi connectivity index (χ4v) is 5.06. The molecule has 1 aliphatic rings. The third-order valence-corrected chi connectivity index (χ3v) is 7.16. The molecule has 0 radical (unpaired) electrons. The van der Waals surface area contributed by atoms with Gasteiger partial charge in [-0.2, -0.15) is 5.26 Å². The topological polar surface area (TPSA) is 131 Å². The van der Waals surface area contributed by atoms with E-state index in [0.717, 1.165) is 35.2 Å². The van der Waals surface area contributed by atoms with E-state index in [1.807, 2.05) is 36.0 Å². The molecule has 1 unspecified atom stereocenters. The average molecular weight is 528 g/mol. The fourth-order valence-electron chi connectivity index (χ4n) is 5.06.